The lowest BCUT2D eigenvalue weighted by Gasteiger charge is -2.19. The molecular weight excluding hydrogens is 749 g/mol. The Balaban J connectivity index is 1.02. The van der Waals surface area contributed by atoms with Crippen LogP contribution in [0.1, 0.15) is 48.0 Å². The highest BCUT2D eigenvalue weighted by molar-refractivity contribution is 6.35. The summed E-state index contributed by atoms with van der Waals surface area (Å²) >= 11 is 6.02. The van der Waals surface area contributed by atoms with Gasteiger partial charge in [0.05, 0.1) is 5.54 Å². The van der Waals surface area contributed by atoms with E-state index in [1.807, 2.05) is 18.3 Å². The second-order valence-electron chi connectivity index (χ2n) is 13.4. The van der Waals surface area contributed by atoms with E-state index in [2.05, 4.69) is 46.6 Å². The number of alkyl halides is 3. The monoisotopic (exact) mass is 784 g/mol. The lowest BCUT2D eigenvalue weighted by molar-refractivity contribution is -0.154. The number of nitrogens with zero attached hydrogens (tertiary/aromatic N) is 5. The van der Waals surface area contributed by atoms with Crippen LogP contribution in [0, 0.1) is 5.41 Å². The zero-order valence-corrected chi connectivity index (χ0v) is 29.8. The molecule has 6 N–H and O–H groups in total. The van der Waals surface area contributed by atoms with E-state index in [0.29, 0.717) is 30.1 Å². The molecule has 0 radical (unpaired) electrons. The summed E-state index contributed by atoms with van der Waals surface area (Å²) in [4.78, 5) is 61.8. The summed E-state index contributed by atoms with van der Waals surface area (Å²) in [5, 5.41) is 27.8. The molecule has 2 aliphatic carbocycles. The number of rotatable bonds is 17. The van der Waals surface area contributed by atoms with Gasteiger partial charge in [0.1, 0.15) is 6.04 Å². The van der Waals surface area contributed by atoms with Crippen LogP contribution in [-0.2, 0) is 26.5 Å². The number of nitrogens with one attached hydrogen (secondary N) is 5. The molecule has 6 rings (SSSR count). The van der Waals surface area contributed by atoms with E-state index in [9.17, 15) is 37.5 Å². The fourth-order valence-corrected chi connectivity index (χ4v) is 5.80. The first-order valence-electron chi connectivity index (χ1n) is 17.1. The summed E-state index contributed by atoms with van der Waals surface area (Å²) < 4.78 is 45.4. The number of hydrogen-bond acceptors (Lipinski definition) is 11. The van der Waals surface area contributed by atoms with Gasteiger partial charge in [-0.25, -0.2) is 4.79 Å². The van der Waals surface area contributed by atoms with E-state index in [-0.39, 0.29) is 42.4 Å². The van der Waals surface area contributed by atoms with Gasteiger partial charge in [0.15, 0.2) is 6.61 Å². The highest BCUT2D eigenvalue weighted by Crippen LogP contribution is 2.48. The van der Waals surface area contributed by atoms with Gasteiger partial charge in [0.2, 0.25) is 11.9 Å². The number of anilines is 3. The van der Waals surface area contributed by atoms with Gasteiger partial charge in [-0.15, -0.1) is 0 Å². The minimum atomic E-state index is -4.64. The minimum Gasteiger partial charge on any atom is -0.480 e. The number of aliphatic carboxylic acids is 1. The van der Waals surface area contributed by atoms with Crippen LogP contribution in [0.2, 0.25) is 5.02 Å². The second kappa shape index (κ2) is 16.2. The fraction of sp³-hybridized carbons (Fsp3) is 0.371. The molecule has 0 aliphatic heterocycles. The number of hydrogen-bond donors (Lipinski definition) is 6. The molecule has 2 heterocycles. The first-order chi connectivity index (χ1) is 26.2. The molecule has 2 saturated carbocycles. The maximum Gasteiger partial charge on any atom is 0.422 e. The molecule has 20 heteroatoms. The zero-order chi connectivity index (χ0) is 39.2. The SMILES string of the molecule is O=C(NCC[C@H](NC(=O)c1ccc(Nc2nc(NC3(c4ccc(Cl)cc4)CC3)nc(OCC(F)(F)F)n2)cc1)C(=O)O)C(=O)NCC1(Cn2cccn2)CC1. The van der Waals surface area contributed by atoms with Crippen molar-refractivity contribution in [2.24, 2.45) is 5.41 Å². The van der Waals surface area contributed by atoms with Crippen LogP contribution in [0.5, 0.6) is 6.01 Å². The first-order valence-corrected chi connectivity index (χ1v) is 17.5. The Kier molecular flexibility index (Phi) is 11.4. The molecule has 2 aliphatic rings. The maximum absolute atomic E-state index is 12.9. The quantitative estimate of drug-likeness (QED) is 0.0844. The van der Waals surface area contributed by atoms with Gasteiger partial charge < -0.3 is 36.4 Å². The normalized spacial score (nSPS) is 15.6. The number of carboxylic acid groups (broad SMARTS) is 1. The average molecular weight is 785 g/mol. The average Bonchev–Trinajstić information content (AvgIpc) is 4.05. The van der Waals surface area contributed by atoms with E-state index in [0.717, 1.165) is 18.4 Å². The van der Waals surface area contributed by atoms with Crippen molar-refractivity contribution in [2.75, 3.05) is 30.3 Å². The Morgan fingerprint density at radius 3 is 2.24 bits per heavy atom. The fourth-order valence-electron chi connectivity index (χ4n) is 5.67. The molecule has 0 spiro atoms. The molecule has 55 heavy (non-hydrogen) atoms. The number of carbonyl (C=O) groups is 4. The topological polar surface area (TPSA) is 214 Å². The van der Waals surface area contributed by atoms with Crippen molar-refractivity contribution in [2.45, 2.75) is 56.4 Å². The number of carbonyl (C=O) groups excluding carboxylic acids is 3. The molecular formula is C35H36ClF3N10O6. The van der Waals surface area contributed by atoms with Crippen molar-refractivity contribution in [3.63, 3.8) is 0 Å². The summed E-state index contributed by atoms with van der Waals surface area (Å²) in [6.45, 7) is -0.937. The molecule has 2 aromatic heterocycles. The maximum atomic E-state index is 12.9. The number of benzene rings is 2. The smallest absolute Gasteiger partial charge is 0.422 e. The summed E-state index contributed by atoms with van der Waals surface area (Å²) in [5.74, 6) is -4.06. The highest BCUT2D eigenvalue weighted by Gasteiger charge is 2.45. The largest absolute Gasteiger partial charge is 0.480 e. The molecule has 2 fully saturated rings. The Morgan fingerprint density at radius 2 is 1.62 bits per heavy atom. The van der Waals surface area contributed by atoms with E-state index in [1.54, 1.807) is 29.1 Å². The van der Waals surface area contributed by atoms with Crippen molar-refractivity contribution >= 4 is 52.9 Å². The van der Waals surface area contributed by atoms with Crippen LogP contribution in [0.15, 0.2) is 67.0 Å². The van der Waals surface area contributed by atoms with Crippen molar-refractivity contribution < 1.29 is 42.2 Å². The second-order valence-corrected chi connectivity index (χ2v) is 13.8. The van der Waals surface area contributed by atoms with Crippen LogP contribution in [0.4, 0.5) is 30.8 Å². The molecule has 2 aromatic carbocycles. The molecule has 1 atom stereocenters. The van der Waals surface area contributed by atoms with Crippen LogP contribution in [0.3, 0.4) is 0 Å². The number of halogens is 4. The molecule has 0 bridgehead atoms. The summed E-state index contributed by atoms with van der Waals surface area (Å²) in [6, 6.07) is 12.6. The third kappa shape index (κ3) is 10.8. The lowest BCUT2D eigenvalue weighted by atomic mass is 10.1. The summed E-state index contributed by atoms with van der Waals surface area (Å²) in [6.07, 6.45) is 1.79. The van der Waals surface area contributed by atoms with Gasteiger partial charge >= 0.3 is 30.0 Å². The van der Waals surface area contributed by atoms with Gasteiger partial charge in [0.25, 0.3) is 5.91 Å². The zero-order valence-electron chi connectivity index (χ0n) is 29.0. The Labute approximate surface area is 316 Å². The number of amides is 3. The van der Waals surface area contributed by atoms with Crippen LogP contribution < -0.4 is 31.3 Å². The third-order valence-electron chi connectivity index (χ3n) is 9.05. The van der Waals surface area contributed by atoms with Crippen LogP contribution >= 0.6 is 11.6 Å². The van der Waals surface area contributed by atoms with E-state index in [4.69, 9.17) is 16.3 Å². The van der Waals surface area contributed by atoms with Crippen molar-refractivity contribution in [1.29, 1.82) is 0 Å². The Hall–Kier alpha value is -5.98. The third-order valence-corrected chi connectivity index (χ3v) is 9.30. The number of carboxylic acids is 1. The molecule has 4 aromatic rings. The Bertz CT molecular complexity index is 2010. The predicted molar refractivity (Wildman–Crippen MR) is 191 cm³/mol. The molecule has 0 saturated heterocycles. The first kappa shape index (κ1) is 38.7. The summed E-state index contributed by atoms with van der Waals surface area (Å²) in [5.41, 5.74) is 0.568. The van der Waals surface area contributed by atoms with Crippen LogP contribution in [-0.4, -0.2) is 85.4 Å². The van der Waals surface area contributed by atoms with Gasteiger partial charge in [-0.05, 0) is 80.1 Å². The van der Waals surface area contributed by atoms with Gasteiger partial charge in [-0.1, -0.05) is 23.7 Å². The molecule has 16 nitrogen and oxygen atoms in total. The van der Waals surface area contributed by atoms with E-state index in [1.165, 1.54) is 24.3 Å². The van der Waals surface area contributed by atoms with Crippen molar-refractivity contribution in [1.82, 2.24) is 40.7 Å². The number of ether oxygens (including phenoxy) is 1. The predicted octanol–water partition coefficient (Wildman–Crippen LogP) is 3.79. The molecule has 3 amide bonds. The van der Waals surface area contributed by atoms with Crippen molar-refractivity contribution in [3.05, 3.63) is 83.1 Å². The van der Waals surface area contributed by atoms with E-state index < -0.39 is 54.1 Å². The van der Waals surface area contributed by atoms with Gasteiger partial charge in [0, 0.05) is 53.7 Å². The Morgan fingerprint density at radius 1 is 0.927 bits per heavy atom. The van der Waals surface area contributed by atoms with Crippen molar-refractivity contribution in [3.8, 4) is 6.01 Å². The summed E-state index contributed by atoms with van der Waals surface area (Å²) in [7, 11) is 0. The van der Waals surface area contributed by atoms with Crippen LogP contribution in [0.25, 0.3) is 0 Å². The van der Waals surface area contributed by atoms with Gasteiger partial charge in [-0.2, -0.15) is 33.2 Å². The standard InChI is InChI=1S/C35H36ClF3N10O6/c36-23-6-4-22(5-7-23)34(13-14-34)48-31-45-30(46-32(47-31)55-20-35(37,38)39)43-24-8-2-21(3-9-24)26(50)44-25(29(53)54)10-16-40-27(51)28(52)41-18-33(11-12-33)19-49-17-1-15-42-49/h1-9,15,17,25H,10-14,16,18-20H2,(H,40,51)(H,41,52)(H,44,50)(H,53,54)(H2,43,45,46,47,48)/t25-/m0/s1. The molecule has 290 valence electrons. The molecule has 0 unspecified atom stereocenters. The van der Waals surface area contributed by atoms with Gasteiger partial charge in [-0.3, -0.25) is 19.1 Å². The van der Waals surface area contributed by atoms with E-state index >= 15 is 0 Å². The number of aromatic nitrogens is 5. The lowest BCUT2D eigenvalue weighted by Crippen LogP contribution is -2.46. The minimum absolute atomic E-state index is 0.0392. The highest BCUT2D eigenvalue weighted by atomic mass is 35.5.